The van der Waals surface area contributed by atoms with E-state index >= 15 is 0 Å². The van der Waals surface area contributed by atoms with Crippen LogP contribution < -0.4 is 5.73 Å². The largest absolute Gasteiger partial charge is 0.510 e. The molecule has 3 aliphatic carbocycles. The monoisotopic (exact) mass is 494 g/mol. The Morgan fingerprint density at radius 3 is 2.53 bits per heavy atom. The lowest BCUT2D eigenvalue weighted by Crippen LogP contribution is -2.63. The van der Waals surface area contributed by atoms with Crippen molar-refractivity contribution in [3.05, 3.63) is 51.5 Å². The number of fused-ring (bicyclic) bond motifs is 3. The number of nitrogens with zero attached hydrogens (tertiary/aromatic N) is 1. The highest BCUT2D eigenvalue weighted by atomic mass is 16.3. The van der Waals surface area contributed by atoms with Crippen LogP contribution in [0.15, 0.2) is 34.8 Å². The van der Waals surface area contributed by atoms with E-state index in [2.05, 4.69) is 18.8 Å². The average Bonchev–Trinajstić information content (AvgIpc) is 2.80. The number of unbranched alkanes of at least 4 members (excludes halogenated alkanes) is 2. The molecule has 6 N–H and O–H groups in total. The maximum Gasteiger partial charge on any atom is 0.255 e. The van der Waals surface area contributed by atoms with Gasteiger partial charge in [-0.05, 0) is 57.0 Å². The number of amides is 1. The summed E-state index contributed by atoms with van der Waals surface area (Å²) in [4.78, 5) is 40.4. The lowest BCUT2D eigenvalue weighted by atomic mass is 9.58. The molecule has 1 amide bonds. The number of allylic oxidation sites excluding steroid dienone is 1. The fourth-order valence-corrected chi connectivity index (χ4v) is 5.79. The van der Waals surface area contributed by atoms with Crippen molar-refractivity contribution >= 4 is 17.5 Å². The van der Waals surface area contributed by atoms with Gasteiger partial charge < -0.3 is 26.2 Å². The molecule has 0 unspecified atom stereocenters. The van der Waals surface area contributed by atoms with E-state index in [-0.39, 0.29) is 29.7 Å². The molecule has 9 heteroatoms. The van der Waals surface area contributed by atoms with E-state index in [1.54, 1.807) is 20.2 Å². The minimum absolute atomic E-state index is 0.0296. The number of carbonyl (C=O) groups excluding carboxylic acids is 3. The minimum atomic E-state index is -2.64. The Kier molecular flexibility index (Phi) is 6.45. The predicted molar refractivity (Wildman–Crippen MR) is 130 cm³/mol. The third-order valence-corrected chi connectivity index (χ3v) is 7.48. The second kappa shape index (κ2) is 9.12. The highest BCUT2D eigenvalue weighted by Gasteiger charge is 2.63. The number of phenolic OH excluding ortho intramolecular Hbond substituents is 1. The highest BCUT2D eigenvalue weighted by molar-refractivity contribution is 6.24. The van der Waals surface area contributed by atoms with Gasteiger partial charge in [-0.25, -0.2) is 0 Å². The van der Waals surface area contributed by atoms with Gasteiger partial charge >= 0.3 is 0 Å². The zero-order valence-electron chi connectivity index (χ0n) is 20.5. The van der Waals surface area contributed by atoms with Gasteiger partial charge in [-0.15, -0.1) is 0 Å². The van der Waals surface area contributed by atoms with E-state index in [0.29, 0.717) is 17.5 Å². The first-order chi connectivity index (χ1) is 17.0. The molecule has 190 valence electrons. The topological polar surface area (TPSA) is 161 Å². The minimum Gasteiger partial charge on any atom is -0.510 e. The average molecular weight is 495 g/mol. The van der Waals surface area contributed by atoms with Gasteiger partial charge in [0.15, 0.2) is 11.4 Å². The zero-order valence-corrected chi connectivity index (χ0v) is 20.5. The van der Waals surface area contributed by atoms with Gasteiger partial charge in [0.05, 0.1) is 11.6 Å². The molecule has 0 aromatic heterocycles. The molecule has 0 bridgehead atoms. The molecule has 0 radical (unpaired) electrons. The SMILES string of the molecule is CCCCC#Cc1ccc(O)c2c1C[C@@H]1C[C@@H]3[C@@H](N(C)C)C(O)=C(C(N)=O)C(=O)[C@]3(O)C(O)=C1C2=O. The van der Waals surface area contributed by atoms with E-state index in [1.165, 1.54) is 11.0 Å². The molecule has 0 saturated carbocycles. The summed E-state index contributed by atoms with van der Waals surface area (Å²) in [7, 11) is 3.19. The number of Topliss-reactive ketones (excluding diaryl/α,β-unsaturated/α-hetero) is 2. The van der Waals surface area contributed by atoms with Crippen molar-refractivity contribution in [1.29, 1.82) is 0 Å². The quantitative estimate of drug-likeness (QED) is 0.240. The number of rotatable bonds is 4. The number of benzene rings is 1. The van der Waals surface area contributed by atoms with Crippen LogP contribution in [0.4, 0.5) is 0 Å². The number of phenols is 1. The predicted octanol–water partition coefficient (Wildman–Crippen LogP) is 1.66. The summed E-state index contributed by atoms with van der Waals surface area (Å²) in [6.07, 6.45) is 2.88. The van der Waals surface area contributed by atoms with E-state index < -0.39 is 58.0 Å². The summed E-state index contributed by atoms with van der Waals surface area (Å²) in [5, 5.41) is 44.2. The first-order valence-corrected chi connectivity index (χ1v) is 11.9. The molecule has 0 saturated heterocycles. The number of aliphatic hydroxyl groups excluding tert-OH is 2. The number of nitrogens with two attached hydrogens (primary N) is 1. The molecule has 36 heavy (non-hydrogen) atoms. The van der Waals surface area contributed by atoms with E-state index in [4.69, 9.17) is 5.73 Å². The molecular weight excluding hydrogens is 464 g/mol. The van der Waals surface area contributed by atoms with Gasteiger partial charge in [0.1, 0.15) is 22.8 Å². The lowest BCUT2D eigenvalue weighted by Gasteiger charge is -2.50. The molecule has 1 aromatic rings. The molecule has 0 heterocycles. The Hall–Kier alpha value is -3.61. The van der Waals surface area contributed by atoms with Gasteiger partial charge in [0.25, 0.3) is 5.91 Å². The molecule has 1 aromatic carbocycles. The summed E-state index contributed by atoms with van der Waals surface area (Å²) in [5.74, 6) is -0.474. The first-order valence-electron chi connectivity index (χ1n) is 11.9. The van der Waals surface area contributed by atoms with Crippen molar-refractivity contribution in [3.63, 3.8) is 0 Å². The second-order valence-corrected chi connectivity index (χ2v) is 9.85. The van der Waals surface area contributed by atoms with Crippen LogP contribution in [0.3, 0.4) is 0 Å². The van der Waals surface area contributed by atoms with Crippen molar-refractivity contribution in [3.8, 4) is 17.6 Å². The van der Waals surface area contributed by atoms with Crippen molar-refractivity contribution in [2.45, 2.75) is 50.7 Å². The van der Waals surface area contributed by atoms with Crippen LogP contribution in [-0.4, -0.2) is 68.5 Å². The number of likely N-dealkylation sites (N-methyl/N-ethyl adjacent to an activating group) is 1. The van der Waals surface area contributed by atoms with Crippen molar-refractivity contribution < 1.29 is 34.8 Å². The highest BCUT2D eigenvalue weighted by Crippen LogP contribution is 2.52. The van der Waals surface area contributed by atoms with Crippen LogP contribution in [-0.2, 0) is 16.0 Å². The van der Waals surface area contributed by atoms with Crippen molar-refractivity contribution in [2.75, 3.05) is 14.1 Å². The van der Waals surface area contributed by atoms with Crippen LogP contribution in [0.2, 0.25) is 0 Å². The molecule has 4 rings (SSSR count). The number of hydrogen-bond acceptors (Lipinski definition) is 8. The van der Waals surface area contributed by atoms with Crippen LogP contribution in [0.5, 0.6) is 5.75 Å². The van der Waals surface area contributed by atoms with Crippen LogP contribution in [0.1, 0.15) is 54.1 Å². The van der Waals surface area contributed by atoms with Gasteiger partial charge in [0, 0.05) is 23.5 Å². The van der Waals surface area contributed by atoms with Gasteiger partial charge in [-0.1, -0.05) is 25.2 Å². The lowest BCUT2D eigenvalue weighted by molar-refractivity contribution is -0.148. The Labute approximate surface area is 208 Å². The summed E-state index contributed by atoms with van der Waals surface area (Å²) in [6.45, 7) is 2.06. The normalized spacial score (nSPS) is 27.3. The summed E-state index contributed by atoms with van der Waals surface area (Å²) < 4.78 is 0. The van der Waals surface area contributed by atoms with Crippen LogP contribution >= 0.6 is 0 Å². The number of ketones is 2. The van der Waals surface area contributed by atoms with E-state index in [1.807, 2.05) is 0 Å². The number of aromatic hydroxyl groups is 1. The summed E-state index contributed by atoms with van der Waals surface area (Å²) in [5.41, 5.74) is 2.79. The number of aliphatic hydroxyl groups is 3. The number of hydrogen-bond donors (Lipinski definition) is 5. The van der Waals surface area contributed by atoms with E-state index in [0.717, 1.165) is 12.8 Å². The summed E-state index contributed by atoms with van der Waals surface area (Å²) in [6, 6.07) is 1.99. The second-order valence-electron chi connectivity index (χ2n) is 9.85. The Morgan fingerprint density at radius 1 is 1.22 bits per heavy atom. The first kappa shape index (κ1) is 25.5. The van der Waals surface area contributed by atoms with Gasteiger partial charge in [0.2, 0.25) is 5.78 Å². The molecule has 0 aliphatic heterocycles. The number of carbonyl (C=O) groups is 3. The molecule has 0 fully saturated rings. The Bertz CT molecular complexity index is 1300. The fraction of sp³-hybridized carbons (Fsp3) is 0.444. The third kappa shape index (κ3) is 3.60. The fourth-order valence-electron chi connectivity index (χ4n) is 5.79. The van der Waals surface area contributed by atoms with Crippen LogP contribution in [0, 0.1) is 23.7 Å². The smallest absolute Gasteiger partial charge is 0.255 e. The molecular formula is C27H30N2O7. The maximum atomic E-state index is 13.6. The molecule has 0 spiro atoms. The van der Waals surface area contributed by atoms with Crippen molar-refractivity contribution in [1.82, 2.24) is 4.90 Å². The van der Waals surface area contributed by atoms with Crippen molar-refractivity contribution in [2.24, 2.45) is 17.6 Å². The Balaban J connectivity index is 1.90. The Morgan fingerprint density at radius 2 is 1.92 bits per heavy atom. The van der Waals surface area contributed by atoms with E-state index in [9.17, 15) is 34.8 Å². The number of primary amides is 1. The van der Waals surface area contributed by atoms with Crippen LogP contribution in [0.25, 0.3) is 0 Å². The summed E-state index contributed by atoms with van der Waals surface area (Å²) >= 11 is 0. The molecule has 9 nitrogen and oxygen atoms in total. The standard InChI is InChI=1S/C27H30N2O7/c1-4-5-6-7-8-13-9-10-17(30)19-15(13)11-14-12-16-21(29(2)3)23(32)20(26(28)35)25(34)27(16,36)24(33)18(14)22(19)31/h9-10,14,16,21,30,32-33,36H,4-6,11-12H2,1-3H3,(H2,28,35)/t14-,16-,21-,27-/m1/s1. The molecule has 4 atom stereocenters. The van der Waals surface area contributed by atoms with Gasteiger partial charge in [-0.2, -0.15) is 0 Å². The maximum absolute atomic E-state index is 13.6. The zero-order chi connectivity index (χ0) is 26.5. The van der Waals surface area contributed by atoms with Gasteiger partial charge in [-0.3, -0.25) is 19.3 Å². The molecule has 3 aliphatic rings. The third-order valence-electron chi connectivity index (χ3n) is 7.48.